The molecule has 0 aromatic heterocycles. The number of amides is 2. The van der Waals surface area contributed by atoms with Crippen molar-refractivity contribution in [2.75, 3.05) is 10.6 Å². The Morgan fingerprint density at radius 1 is 0.750 bits per heavy atom. The smallest absolute Gasteiger partial charge is 0.308 e. The van der Waals surface area contributed by atoms with Crippen LogP contribution in [-0.4, -0.2) is 32.0 Å². The first-order valence-electron chi connectivity index (χ1n) is 6.29. The Morgan fingerprint density at radius 2 is 1.12 bits per heavy atom. The van der Waals surface area contributed by atoms with E-state index in [1.165, 1.54) is 24.3 Å². The molecule has 0 bridgehead atoms. The maximum atomic E-state index is 11.9. The van der Waals surface area contributed by atoms with E-state index in [-0.39, 0.29) is 11.4 Å². The summed E-state index contributed by atoms with van der Waals surface area (Å²) >= 11 is 0. The molecule has 2 aromatic carbocycles. The van der Waals surface area contributed by atoms with Gasteiger partial charge >= 0.3 is 6.03 Å². The summed E-state index contributed by atoms with van der Waals surface area (Å²) in [6.45, 7) is 0. The Hall–Kier alpha value is -2.47. The van der Waals surface area contributed by atoms with E-state index < -0.39 is 36.1 Å². The topological polar surface area (TPSA) is 150 Å². The van der Waals surface area contributed by atoms with Gasteiger partial charge in [-0.3, -0.25) is 9.11 Å². The number of nitrogens with one attached hydrogen (secondary N) is 2. The highest BCUT2D eigenvalue weighted by Crippen LogP contribution is 2.17. The highest BCUT2D eigenvalue weighted by atomic mass is 32.2. The number of rotatable bonds is 4. The molecular formula is C13H12N2O7S2. The Balaban J connectivity index is 2.15. The molecule has 0 radical (unpaired) electrons. The van der Waals surface area contributed by atoms with Gasteiger partial charge in [0, 0.05) is 11.4 Å². The standard InChI is InChI=1S/C13H12N2O7S2/c16-13(14-9-3-1-5-11(7-9)23(17,18)19)15-10-4-2-6-12(8-10)24(20,21)22/h1-8H,(H2,14,15,16)(H,17,18,19)(H,20,21,22). The van der Waals surface area contributed by atoms with Gasteiger partial charge < -0.3 is 10.6 Å². The van der Waals surface area contributed by atoms with Gasteiger partial charge in [-0.15, -0.1) is 0 Å². The van der Waals surface area contributed by atoms with Crippen molar-refractivity contribution in [3.63, 3.8) is 0 Å². The zero-order chi connectivity index (χ0) is 18.0. The lowest BCUT2D eigenvalue weighted by Crippen LogP contribution is -2.19. The largest absolute Gasteiger partial charge is 0.323 e. The van der Waals surface area contributed by atoms with Crippen molar-refractivity contribution in [1.82, 2.24) is 0 Å². The molecule has 2 aromatic rings. The van der Waals surface area contributed by atoms with Crippen LogP contribution in [0.4, 0.5) is 16.2 Å². The second-order valence-corrected chi connectivity index (χ2v) is 7.43. The molecule has 2 amide bonds. The van der Waals surface area contributed by atoms with Crippen LogP contribution in [0.1, 0.15) is 0 Å². The Morgan fingerprint density at radius 3 is 1.46 bits per heavy atom. The summed E-state index contributed by atoms with van der Waals surface area (Å²) in [5.74, 6) is 0. The monoisotopic (exact) mass is 372 g/mol. The van der Waals surface area contributed by atoms with Crippen molar-refractivity contribution < 1.29 is 30.7 Å². The Bertz CT molecular complexity index is 905. The molecule has 0 aliphatic heterocycles. The molecule has 0 aliphatic carbocycles. The van der Waals surface area contributed by atoms with Crippen molar-refractivity contribution >= 4 is 37.6 Å². The van der Waals surface area contributed by atoms with Crippen molar-refractivity contribution in [2.45, 2.75) is 9.79 Å². The van der Waals surface area contributed by atoms with Crippen LogP contribution in [0.5, 0.6) is 0 Å². The maximum absolute atomic E-state index is 11.9. The normalized spacial score (nSPS) is 11.8. The Labute approximate surface area is 137 Å². The lowest BCUT2D eigenvalue weighted by Gasteiger charge is -2.09. The van der Waals surface area contributed by atoms with E-state index in [9.17, 15) is 21.6 Å². The van der Waals surface area contributed by atoms with E-state index in [1.807, 2.05) is 0 Å². The Kier molecular flexibility index (Phi) is 4.89. The summed E-state index contributed by atoms with van der Waals surface area (Å²) in [6, 6.07) is 9.02. The van der Waals surface area contributed by atoms with E-state index in [0.717, 1.165) is 24.3 Å². The van der Waals surface area contributed by atoms with Gasteiger partial charge in [-0.1, -0.05) is 12.1 Å². The minimum absolute atomic E-state index is 0.0913. The molecule has 24 heavy (non-hydrogen) atoms. The average Bonchev–Trinajstić information content (AvgIpc) is 2.46. The van der Waals surface area contributed by atoms with Crippen LogP contribution in [0.25, 0.3) is 0 Å². The molecule has 0 aliphatic rings. The highest BCUT2D eigenvalue weighted by Gasteiger charge is 2.12. The van der Waals surface area contributed by atoms with Crippen LogP contribution >= 0.6 is 0 Å². The predicted octanol–water partition coefficient (Wildman–Crippen LogP) is 1.82. The molecule has 2 rings (SSSR count). The molecule has 0 fully saturated rings. The molecule has 11 heteroatoms. The number of carbonyl (C=O) groups is 1. The fourth-order valence-corrected chi connectivity index (χ4v) is 2.81. The summed E-state index contributed by atoms with van der Waals surface area (Å²) in [7, 11) is -8.82. The number of hydrogen-bond acceptors (Lipinski definition) is 5. The van der Waals surface area contributed by atoms with Crippen LogP contribution in [0, 0.1) is 0 Å². The minimum atomic E-state index is -4.41. The number of anilines is 2. The van der Waals surface area contributed by atoms with Crippen LogP contribution in [0.2, 0.25) is 0 Å². The van der Waals surface area contributed by atoms with Gasteiger partial charge in [0.2, 0.25) is 0 Å². The maximum Gasteiger partial charge on any atom is 0.323 e. The van der Waals surface area contributed by atoms with E-state index >= 15 is 0 Å². The van der Waals surface area contributed by atoms with Crippen LogP contribution in [-0.2, 0) is 20.2 Å². The van der Waals surface area contributed by atoms with E-state index in [2.05, 4.69) is 10.6 Å². The lowest BCUT2D eigenvalue weighted by molar-refractivity contribution is 0.262. The second-order valence-electron chi connectivity index (χ2n) is 4.58. The lowest BCUT2D eigenvalue weighted by atomic mass is 10.3. The first-order valence-corrected chi connectivity index (χ1v) is 9.17. The van der Waals surface area contributed by atoms with Gasteiger partial charge in [-0.25, -0.2) is 4.79 Å². The van der Waals surface area contributed by atoms with Gasteiger partial charge in [0.1, 0.15) is 0 Å². The van der Waals surface area contributed by atoms with E-state index in [0.29, 0.717) is 0 Å². The van der Waals surface area contributed by atoms with Gasteiger partial charge in [0.15, 0.2) is 0 Å². The molecule has 0 unspecified atom stereocenters. The van der Waals surface area contributed by atoms with Gasteiger partial charge in [-0.05, 0) is 36.4 Å². The van der Waals surface area contributed by atoms with Crippen molar-refractivity contribution in [3.05, 3.63) is 48.5 Å². The van der Waals surface area contributed by atoms with E-state index in [4.69, 9.17) is 9.11 Å². The van der Waals surface area contributed by atoms with Crippen LogP contribution in [0.15, 0.2) is 58.3 Å². The molecule has 0 saturated carbocycles. The summed E-state index contributed by atoms with van der Waals surface area (Å²) in [4.78, 5) is 11.1. The third-order valence-corrected chi connectivity index (χ3v) is 4.48. The number of hydrogen-bond donors (Lipinski definition) is 4. The fourth-order valence-electron chi connectivity index (χ4n) is 1.76. The summed E-state index contributed by atoms with van der Waals surface area (Å²) in [6.07, 6.45) is 0. The zero-order valence-corrected chi connectivity index (χ0v) is 13.5. The zero-order valence-electron chi connectivity index (χ0n) is 11.9. The molecule has 0 atom stereocenters. The number of carbonyl (C=O) groups excluding carboxylic acids is 1. The second kappa shape index (κ2) is 6.57. The first kappa shape index (κ1) is 17.9. The first-order chi connectivity index (χ1) is 11.1. The molecule has 0 spiro atoms. The molecule has 128 valence electrons. The molecule has 0 heterocycles. The summed E-state index contributed by atoms with van der Waals surface area (Å²) in [5.41, 5.74) is 0.183. The molecule has 9 nitrogen and oxygen atoms in total. The predicted molar refractivity (Wildman–Crippen MR) is 85.2 cm³/mol. The quantitative estimate of drug-likeness (QED) is 0.598. The molecule has 4 N–H and O–H groups in total. The van der Waals surface area contributed by atoms with E-state index in [1.54, 1.807) is 0 Å². The third-order valence-electron chi connectivity index (χ3n) is 2.78. The summed E-state index contributed by atoms with van der Waals surface area (Å²) in [5, 5.41) is 4.65. The van der Waals surface area contributed by atoms with Gasteiger partial charge in [0.05, 0.1) is 9.79 Å². The van der Waals surface area contributed by atoms with Gasteiger partial charge in [-0.2, -0.15) is 16.8 Å². The fraction of sp³-hybridized carbons (Fsp3) is 0. The minimum Gasteiger partial charge on any atom is -0.308 e. The molecule has 0 saturated heterocycles. The molecular weight excluding hydrogens is 360 g/mol. The van der Waals surface area contributed by atoms with Crippen LogP contribution in [0.3, 0.4) is 0 Å². The number of benzene rings is 2. The van der Waals surface area contributed by atoms with Crippen LogP contribution < -0.4 is 10.6 Å². The third kappa shape index (κ3) is 4.76. The van der Waals surface area contributed by atoms with Crippen molar-refractivity contribution in [2.24, 2.45) is 0 Å². The van der Waals surface area contributed by atoms with Crippen molar-refractivity contribution in [3.8, 4) is 0 Å². The highest BCUT2D eigenvalue weighted by molar-refractivity contribution is 7.86. The average molecular weight is 372 g/mol. The van der Waals surface area contributed by atoms with Crippen molar-refractivity contribution in [1.29, 1.82) is 0 Å². The van der Waals surface area contributed by atoms with Gasteiger partial charge in [0.25, 0.3) is 20.2 Å². The number of urea groups is 1. The SMILES string of the molecule is O=C(Nc1cccc(S(=O)(=O)O)c1)Nc1cccc(S(=O)(=O)O)c1. The summed E-state index contributed by atoms with van der Waals surface area (Å²) < 4.78 is 62.1.